The lowest BCUT2D eigenvalue weighted by Crippen LogP contribution is -2.61. The number of epoxide rings is 1. The Morgan fingerprint density at radius 1 is 1.17 bits per heavy atom. The summed E-state index contributed by atoms with van der Waals surface area (Å²) in [7, 11) is 6.10. The number of carboxylic acids is 1. The first kappa shape index (κ1) is 19.5. The van der Waals surface area contributed by atoms with E-state index < -0.39 is 35.4 Å². The third kappa shape index (κ3) is 5.86. The highest BCUT2D eigenvalue weighted by atomic mass is 16.6. The maximum atomic E-state index is 12.4. The van der Waals surface area contributed by atoms with Crippen molar-refractivity contribution >= 4 is 25.6 Å². The van der Waals surface area contributed by atoms with E-state index in [9.17, 15) is 14.4 Å². The Balaban J connectivity index is 2.68. The van der Waals surface area contributed by atoms with Gasteiger partial charge in [-0.1, -0.05) is 27.7 Å². The molecule has 3 atom stereocenters. The van der Waals surface area contributed by atoms with Crippen molar-refractivity contribution in [2.24, 2.45) is 11.8 Å². The van der Waals surface area contributed by atoms with Crippen LogP contribution in [0.1, 0.15) is 40.5 Å². The Labute approximate surface area is 137 Å². The fourth-order valence-electron chi connectivity index (χ4n) is 2.27. The molecule has 1 aliphatic rings. The molecule has 0 aliphatic carbocycles. The molecule has 0 aromatic heterocycles. The number of aliphatic carboxylic acids is 1. The number of hydrogen-bond donors (Lipinski definition) is 3. The average molecular weight is 324 g/mol. The summed E-state index contributed by atoms with van der Waals surface area (Å²) < 4.78 is 4.78. The zero-order valence-electron chi connectivity index (χ0n) is 14.1. The molecule has 2 amide bonds. The van der Waals surface area contributed by atoms with Gasteiger partial charge in [0.05, 0.1) is 5.44 Å². The monoisotopic (exact) mass is 324 g/mol. The van der Waals surface area contributed by atoms with Gasteiger partial charge in [0.25, 0.3) is 5.91 Å². The zero-order chi connectivity index (χ0) is 17.8. The van der Waals surface area contributed by atoms with E-state index in [-0.39, 0.29) is 12.3 Å². The Kier molecular flexibility index (Phi) is 6.62. The summed E-state index contributed by atoms with van der Waals surface area (Å²) in [6.45, 7) is 8.29. The molecule has 1 aliphatic heterocycles. The van der Waals surface area contributed by atoms with Crippen LogP contribution >= 0.6 is 0 Å². The van der Waals surface area contributed by atoms with Gasteiger partial charge in [-0.25, -0.2) is 4.79 Å². The minimum Gasteiger partial charge on any atom is -0.479 e. The molecule has 0 spiro atoms. The maximum absolute atomic E-state index is 12.4. The molecule has 0 saturated carbocycles. The van der Waals surface area contributed by atoms with Gasteiger partial charge >= 0.3 is 5.97 Å². The summed E-state index contributed by atoms with van der Waals surface area (Å²) in [6, 6.07) is 0. The summed E-state index contributed by atoms with van der Waals surface area (Å²) in [5.41, 5.74) is -1.59. The zero-order valence-corrected chi connectivity index (χ0v) is 14.1. The Morgan fingerprint density at radius 3 is 2.22 bits per heavy atom. The number of nitrogens with one attached hydrogen (secondary N) is 2. The van der Waals surface area contributed by atoms with Crippen LogP contribution in [-0.2, 0) is 19.1 Å². The summed E-state index contributed by atoms with van der Waals surface area (Å²) >= 11 is 0. The molecule has 8 heteroatoms. The van der Waals surface area contributed by atoms with Crippen molar-refractivity contribution < 1.29 is 24.2 Å². The van der Waals surface area contributed by atoms with Crippen LogP contribution in [-0.4, -0.2) is 54.9 Å². The summed E-state index contributed by atoms with van der Waals surface area (Å²) in [4.78, 5) is 35.2. The van der Waals surface area contributed by atoms with Gasteiger partial charge in [0.1, 0.15) is 7.85 Å². The molecule has 1 saturated heterocycles. The van der Waals surface area contributed by atoms with Gasteiger partial charge in [0.2, 0.25) is 5.91 Å². The maximum Gasteiger partial charge on any atom is 0.336 e. The first-order chi connectivity index (χ1) is 10.6. The second-order valence-electron chi connectivity index (χ2n) is 6.81. The first-order valence-electron chi connectivity index (χ1n) is 7.84. The summed E-state index contributed by atoms with van der Waals surface area (Å²) in [5, 5.41) is 13.9. The largest absolute Gasteiger partial charge is 0.479 e. The fraction of sp³-hybridized carbons (Fsp3) is 0.800. The van der Waals surface area contributed by atoms with Crippen molar-refractivity contribution in [2.75, 3.05) is 6.54 Å². The molecule has 1 heterocycles. The van der Waals surface area contributed by atoms with Crippen molar-refractivity contribution in [3.8, 4) is 0 Å². The third-order valence-electron chi connectivity index (χ3n) is 3.48. The van der Waals surface area contributed by atoms with Gasteiger partial charge in [0.15, 0.2) is 12.2 Å². The van der Waals surface area contributed by atoms with Crippen molar-refractivity contribution in [1.82, 2.24) is 10.6 Å². The smallest absolute Gasteiger partial charge is 0.336 e. The predicted molar refractivity (Wildman–Crippen MR) is 84.8 cm³/mol. The van der Waals surface area contributed by atoms with E-state index in [1.54, 1.807) is 0 Å². The lowest BCUT2D eigenvalue weighted by Gasteiger charge is -2.32. The lowest BCUT2D eigenvalue weighted by molar-refractivity contribution is -0.138. The van der Waals surface area contributed by atoms with Crippen LogP contribution in [0.4, 0.5) is 0 Å². The van der Waals surface area contributed by atoms with E-state index in [4.69, 9.17) is 17.7 Å². The standard InChI is InChI=1S/C15H25BN2O5/c1-8(2)5-6-17-14(22)15(16,7-9(3)4)18-12(19)10-11(23-10)13(20)21/h8-11H,5-7H2,1-4H3,(H,17,22)(H,18,19)(H,20,21)/t10-,11-,15?/m0/s1. The highest BCUT2D eigenvalue weighted by Gasteiger charge is 2.52. The number of carboxylic acid groups (broad SMARTS) is 1. The van der Waals surface area contributed by atoms with Crippen molar-refractivity contribution in [1.29, 1.82) is 0 Å². The molecule has 0 aromatic rings. The summed E-state index contributed by atoms with van der Waals surface area (Å²) in [5.74, 6) is -1.88. The van der Waals surface area contributed by atoms with Crippen LogP contribution in [0.2, 0.25) is 0 Å². The predicted octanol–water partition coefficient (Wildman–Crippen LogP) is 0.0278. The Hall–Kier alpha value is -1.57. The van der Waals surface area contributed by atoms with E-state index in [1.165, 1.54) is 0 Å². The van der Waals surface area contributed by atoms with Gasteiger partial charge in [-0.3, -0.25) is 9.59 Å². The second kappa shape index (κ2) is 7.81. The number of ether oxygens (including phenoxy) is 1. The molecule has 128 valence electrons. The molecule has 1 fully saturated rings. The number of rotatable bonds is 9. The first-order valence-corrected chi connectivity index (χ1v) is 7.84. The van der Waals surface area contributed by atoms with Crippen LogP contribution in [0.15, 0.2) is 0 Å². The van der Waals surface area contributed by atoms with Gasteiger partial charge in [-0.15, -0.1) is 0 Å². The van der Waals surface area contributed by atoms with E-state index in [0.717, 1.165) is 6.42 Å². The van der Waals surface area contributed by atoms with Crippen LogP contribution in [0.3, 0.4) is 0 Å². The van der Waals surface area contributed by atoms with Crippen molar-refractivity contribution in [2.45, 2.75) is 58.2 Å². The van der Waals surface area contributed by atoms with Crippen LogP contribution in [0, 0.1) is 11.8 Å². The van der Waals surface area contributed by atoms with E-state index in [0.29, 0.717) is 12.5 Å². The fourth-order valence-corrected chi connectivity index (χ4v) is 2.27. The van der Waals surface area contributed by atoms with E-state index in [2.05, 4.69) is 10.6 Å². The highest BCUT2D eigenvalue weighted by molar-refractivity contribution is 6.29. The molecular weight excluding hydrogens is 299 g/mol. The molecule has 3 N–H and O–H groups in total. The quantitative estimate of drug-likeness (QED) is 0.410. The molecule has 1 unspecified atom stereocenters. The number of amides is 2. The molecular formula is C15H25BN2O5. The molecule has 0 aromatic carbocycles. The highest BCUT2D eigenvalue weighted by Crippen LogP contribution is 2.24. The van der Waals surface area contributed by atoms with E-state index in [1.807, 2.05) is 27.7 Å². The number of hydrogen-bond acceptors (Lipinski definition) is 4. The van der Waals surface area contributed by atoms with Gasteiger partial charge in [-0.05, 0) is 24.7 Å². The Bertz CT molecular complexity index is 469. The van der Waals surface area contributed by atoms with Gasteiger partial charge in [0, 0.05) is 6.54 Å². The molecule has 0 bridgehead atoms. The van der Waals surface area contributed by atoms with Gasteiger partial charge in [-0.2, -0.15) is 0 Å². The number of carbonyl (C=O) groups is 3. The SMILES string of the molecule is [B]C(CC(C)C)(NC(=O)[C@H]1O[C@@H]1C(=O)O)C(=O)NCCC(C)C. The van der Waals surface area contributed by atoms with E-state index >= 15 is 0 Å². The minimum absolute atomic E-state index is 0.0616. The van der Waals surface area contributed by atoms with Crippen molar-refractivity contribution in [3.05, 3.63) is 0 Å². The van der Waals surface area contributed by atoms with Crippen LogP contribution < -0.4 is 10.6 Å². The lowest BCUT2D eigenvalue weighted by atomic mass is 9.71. The summed E-state index contributed by atoms with van der Waals surface area (Å²) in [6.07, 6.45) is -1.23. The van der Waals surface area contributed by atoms with Crippen molar-refractivity contribution in [3.63, 3.8) is 0 Å². The van der Waals surface area contributed by atoms with Crippen LogP contribution in [0.25, 0.3) is 0 Å². The molecule has 7 nitrogen and oxygen atoms in total. The average Bonchev–Trinajstić information content (AvgIpc) is 3.17. The minimum atomic E-state index is -1.59. The number of carbonyl (C=O) groups excluding carboxylic acids is 2. The second-order valence-corrected chi connectivity index (χ2v) is 6.81. The third-order valence-corrected chi connectivity index (χ3v) is 3.48. The topological polar surface area (TPSA) is 108 Å². The molecule has 2 radical (unpaired) electrons. The van der Waals surface area contributed by atoms with Crippen LogP contribution in [0.5, 0.6) is 0 Å². The Morgan fingerprint density at radius 2 is 1.78 bits per heavy atom. The molecule has 1 rings (SSSR count). The van der Waals surface area contributed by atoms with Gasteiger partial charge < -0.3 is 20.5 Å². The normalized spacial score (nSPS) is 22.5. The molecule has 23 heavy (non-hydrogen) atoms.